The lowest BCUT2D eigenvalue weighted by atomic mass is 9.96. The van der Waals surface area contributed by atoms with E-state index < -0.39 is 0 Å². The highest BCUT2D eigenvalue weighted by atomic mass is 35.5. The van der Waals surface area contributed by atoms with Crippen molar-refractivity contribution in [1.29, 1.82) is 0 Å². The Kier molecular flexibility index (Phi) is 6.96. The van der Waals surface area contributed by atoms with Crippen LogP contribution in [-0.4, -0.2) is 25.5 Å². The third-order valence-electron chi connectivity index (χ3n) is 3.68. The molecule has 1 unspecified atom stereocenters. The van der Waals surface area contributed by atoms with E-state index in [1.165, 1.54) is 25.0 Å². The number of nitrogens with one attached hydrogen (secondary N) is 2. The van der Waals surface area contributed by atoms with Gasteiger partial charge in [0.05, 0.1) is 0 Å². The summed E-state index contributed by atoms with van der Waals surface area (Å²) in [5.74, 6) is 0.0932. The van der Waals surface area contributed by atoms with E-state index in [2.05, 4.69) is 10.6 Å². The SMILES string of the molecule is Cc1ccc(F)cc1C(=O)NCCC1CCCNC1.Cl. The first kappa shape index (κ1) is 16.9. The third-order valence-corrected chi connectivity index (χ3v) is 3.68. The van der Waals surface area contributed by atoms with Crippen molar-refractivity contribution in [3.05, 3.63) is 35.1 Å². The molecule has 1 aromatic rings. The summed E-state index contributed by atoms with van der Waals surface area (Å²) >= 11 is 0. The summed E-state index contributed by atoms with van der Waals surface area (Å²) in [5.41, 5.74) is 1.24. The molecule has 1 atom stereocenters. The quantitative estimate of drug-likeness (QED) is 0.897. The maximum Gasteiger partial charge on any atom is 0.251 e. The summed E-state index contributed by atoms with van der Waals surface area (Å²) in [7, 11) is 0. The monoisotopic (exact) mass is 300 g/mol. The van der Waals surface area contributed by atoms with Gasteiger partial charge in [0.15, 0.2) is 0 Å². The van der Waals surface area contributed by atoms with Gasteiger partial charge in [-0.25, -0.2) is 4.39 Å². The summed E-state index contributed by atoms with van der Waals surface area (Å²) in [6, 6.07) is 4.31. The van der Waals surface area contributed by atoms with Crippen molar-refractivity contribution in [3.63, 3.8) is 0 Å². The summed E-state index contributed by atoms with van der Waals surface area (Å²) in [5, 5.41) is 6.24. The minimum absolute atomic E-state index is 0. The van der Waals surface area contributed by atoms with Crippen LogP contribution in [0.25, 0.3) is 0 Å². The van der Waals surface area contributed by atoms with Crippen molar-refractivity contribution in [3.8, 4) is 0 Å². The second-order valence-electron chi connectivity index (χ2n) is 5.22. The largest absolute Gasteiger partial charge is 0.352 e. The number of carbonyl (C=O) groups is 1. The molecule has 0 aliphatic carbocycles. The molecule has 112 valence electrons. The molecule has 0 bridgehead atoms. The molecule has 1 aromatic carbocycles. The van der Waals surface area contributed by atoms with Crippen LogP contribution in [0.4, 0.5) is 4.39 Å². The molecule has 0 spiro atoms. The van der Waals surface area contributed by atoms with E-state index in [0.717, 1.165) is 25.1 Å². The Morgan fingerprint density at radius 2 is 2.30 bits per heavy atom. The van der Waals surface area contributed by atoms with E-state index in [4.69, 9.17) is 0 Å². The first-order chi connectivity index (χ1) is 9.16. The van der Waals surface area contributed by atoms with Gasteiger partial charge in [-0.1, -0.05) is 6.07 Å². The Bertz CT molecular complexity index is 447. The normalized spacial score (nSPS) is 18.2. The van der Waals surface area contributed by atoms with Crippen LogP contribution in [0, 0.1) is 18.7 Å². The zero-order chi connectivity index (χ0) is 13.7. The average molecular weight is 301 g/mol. The van der Waals surface area contributed by atoms with E-state index in [-0.39, 0.29) is 24.1 Å². The molecule has 0 aromatic heterocycles. The zero-order valence-electron chi connectivity index (χ0n) is 11.7. The fraction of sp³-hybridized carbons (Fsp3) is 0.533. The molecule has 0 radical (unpaired) electrons. The Labute approximate surface area is 125 Å². The minimum Gasteiger partial charge on any atom is -0.352 e. The van der Waals surface area contributed by atoms with Gasteiger partial charge in [0.2, 0.25) is 0 Å². The fourth-order valence-corrected chi connectivity index (χ4v) is 2.49. The lowest BCUT2D eigenvalue weighted by Gasteiger charge is -2.22. The Morgan fingerprint density at radius 1 is 1.50 bits per heavy atom. The van der Waals surface area contributed by atoms with Crippen LogP contribution in [0.2, 0.25) is 0 Å². The number of benzene rings is 1. The van der Waals surface area contributed by atoms with E-state index in [0.29, 0.717) is 18.0 Å². The topological polar surface area (TPSA) is 41.1 Å². The molecule has 2 N–H and O–H groups in total. The van der Waals surface area contributed by atoms with Crippen LogP contribution >= 0.6 is 12.4 Å². The van der Waals surface area contributed by atoms with Gasteiger partial charge in [-0.15, -0.1) is 12.4 Å². The highest BCUT2D eigenvalue weighted by Gasteiger charge is 2.14. The van der Waals surface area contributed by atoms with Crippen LogP contribution in [0.5, 0.6) is 0 Å². The van der Waals surface area contributed by atoms with Gasteiger partial charge in [0.1, 0.15) is 5.82 Å². The molecule has 5 heteroatoms. The Morgan fingerprint density at radius 3 is 3.00 bits per heavy atom. The summed E-state index contributed by atoms with van der Waals surface area (Å²) in [6.07, 6.45) is 3.41. The van der Waals surface area contributed by atoms with Crippen LogP contribution < -0.4 is 10.6 Å². The smallest absolute Gasteiger partial charge is 0.251 e. The van der Waals surface area contributed by atoms with E-state index in [1.54, 1.807) is 6.07 Å². The van der Waals surface area contributed by atoms with E-state index in [9.17, 15) is 9.18 Å². The molecule has 1 fully saturated rings. The molecule has 1 heterocycles. The summed E-state index contributed by atoms with van der Waals surface area (Å²) in [6.45, 7) is 4.61. The molecule has 2 rings (SSSR count). The predicted molar refractivity (Wildman–Crippen MR) is 80.9 cm³/mol. The molecular formula is C15H22ClFN2O. The highest BCUT2D eigenvalue weighted by molar-refractivity contribution is 5.95. The van der Waals surface area contributed by atoms with Gasteiger partial charge in [0, 0.05) is 12.1 Å². The lowest BCUT2D eigenvalue weighted by Crippen LogP contribution is -2.33. The molecule has 1 amide bonds. The molecular weight excluding hydrogens is 279 g/mol. The van der Waals surface area contributed by atoms with Gasteiger partial charge in [-0.2, -0.15) is 0 Å². The summed E-state index contributed by atoms with van der Waals surface area (Å²) in [4.78, 5) is 12.0. The number of halogens is 2. The van der Waals surface area contributed by atoms with Crippen LogP contribution in [0.15, 0.2) is 18.2 Å². The molecule has 1 aliphatic heterocycles. The van der Waals surface area contributed by atoms with Crippen molar-refractivity contribution >= 4 is 18.3 Å². The lowest BCUT2D eigenvalue weighted by molar-refractivity contribution is 0.0949. The van der Waals surface area contributed by atoms with E-state index >= 15 is 0 Å². The number of piperidine rings is 1. The van der Waals surface area contributed by atoms with Crippen molar-refractivity contribution in [2.45, 2.75) is 26.2 Å². The van der Waals surface area contributed by atoms with Crippen LogP contribution in [0.1, 0.15) is 35.2 Å². The average Bonchev–Trinajstić information content (AvgIpc) is 2.42. The van der Waals surface area contributed by atoms with Crippen LogP contribution in [0.3, 0.4) is 0 Å². The number of aryl methyl sites for hydroxylation is 1. The standard InChI is InChI=1S/C15H21FN2O.ClH/c1-11-4-5-13(16)9-14(11)15(19)18-8-6-12-3-2-7-17-10-12;/h4-5,9,12,17H,2-3,6-8,10H2,1H3,(H,18,19);1H. The number of rotatable bonds is 4. The Balaban J connectivity index is 0.00000200. The fourth-order valence-electron chi connectivity index (χ4n) is 2.49. The van der Waals surface area contributed by atoms with Gasteiger partial charge in [0.25, 0.3) is 5.91 Å². The molecule has 1 aliphatic rings. The second kappa shape index (κ2) is 8.22. The number of hydrogen-bond acceptors (Lipinski definition) is 2. The van der Waals surface area contributed by atoms with Crippen molar-refractivity contribution < 1.29 is 9.18 Å². The van der Waals surface area contributed by atoms with Crippen molar-refractivity contribution in [2.75, 3.05) is 19.6 Å². The maximum atomic E-state index is 13.1. The summed E-state index contributed by atoms with van der Waals surface area (Å²) < 4.78 is 13.1. The molecule has 1 saturated heterocycles. The molecule has 0 saturated carbocycles. The van der Waals surface area contributed by atoms with Gasteiger partial charge in [-0.3, -0.25) is 4.79 Å². The second-order valence-corrected chi connectivity index (χ2v) is 5.22. The molecule has 3 nitrogen and oxygen atoms in total. The highest BCUT2D eigenvalue weighted by Crippen LogP contribution is 2.14. The van der Waals surface area contributed by atoms with Gasteiger partial charge in [-0.05, 0) is 62.9 Å². The first-order valence-corrected chi connectivity index (χ1v) is 6.92. The number of hydrogen-bond donors (Lipinski definition) is 2. The predicted octanol–water partition coefficient (Wildman–Crippen LogP) is 2.68. The number of amides is 1. The van der Waals surface area contributed by atoms with Crippen molar-refractivity contribution in [1.82, 2.24) is 10.6 Å². The van der Waals surface area contributed by atoms with Crippen LogP contribution in [-0.2, 0) is 0 Å². The van der Waals surface area contributed by atoms with Gasteiger partial charge < -0.3 is 10.6 Å². The maximum absolute atomic E-state index is 13.1. The minimum atomic E-state index is -0.368. The third kappa shape index (κ3) is 4.76. The molecule has 20 heavy (non-hydrogen) atoms. The van der Waals surface area contributed by atoms with Crippen molar-refractivity contribution in [2.24, 2.45) is 5.92 Å². The van der Waals surface area contributed by atoms with Gasteiger partial charge >= 0.3 is 0 Å². The number of carbonyl (C=O) groups excluding carboxylic acids is 1. The van der Waals surface area contributed by atoms with E-state index in [1.807, 2.05) is 6.92 Å². The zero-order valence-corrected chi connectivity index (χ0v) is 12.6. The Hall–Kier alpha value is -1.13. The first-order valence-electron chi connectivity index (χ1n) is 6.92.